The zero-order valence-corrected chi connectivity index (χ0v) is 10.7. The maximum atomic E-state index is 12.6. The number of pyridine rings is 1. The highest BCUT2D eigenvalue weighted by Crippen LogP contribution is 2.34. The Balaban J connectivity index is 3.28. The van der Waals surface area contributed by atoms with E-state index >= 15 is 0 Å². The van der Waals surface area contributed by atoms with Gasteiger partial charge in [-0.2, -0.15) is 13.2 Å². The average molecular weight is 277 g/mol. The van der Waals surface area contributed by atoms with Gasteiger partial charge in [0.2, 0.25) is 0 Å². The number of anilines is 1. The van der Waals surface area contributed by atoms with Gasteiger partial charge in [-0.25, -0.2) is 4.98 Å². The first kappa shape index (κ1) is 15.2. The summed E-state index contributed by atoms with van der Waals surface area (Å²) in [7, 11) is 0. The van der Waals surface area contributed by atoms with Crippen LogP contribution in [0.25, 0.3) is 0 Å². The van der Waals surface area contributed by atoms with Gasteiger partial charge in [0, 0.05) is 5.54 Å². The zero-order chi connectivity index (χ0) is 14.8. The van der Waals surface area contributed by atoms with Gasteiger partial charge in [0.15, 0.2) is 0 Å². The SMILES string of the molecule is CCC(C)(C)Nc1cc(C(F)(F)F)ncc1[N+](=O)[O-]. The van der Waals surface area contributed by atoms with E-state index in [0.29, 0.717) is 18.7 Å². The van der Waals surface area contributed by atoms with E-state index in [2.05, 4.69) is 10.3 Å². The Kier molecular flexibility index (Phi) is 4.02. The molecule has 1 aromatic heterocycles. The number of hydrogen-bond donors (Lipinski definition) is 1. The molecule has 106 valence electrons. The van der Waals surface area contributed by atoms with E-state index in [9.17, 15) is 23.3 Å². The third kappa shape index (κ3) is 3.80. The van der Waals surface area contributed by atoms with Crippen LogP contribution in [0.1, 0.15) is 32.9 Å². The molecule has 0 atom stereocenters. The minimum Gasteiger partial charge on any atom is -0.375 e. The number of alkyl halides is 3. The molecule has 1 heterocycles. The minimum atomic E-state index is -4.64. The molecule has 0 spiro atoms. The van der Waals surface area contributed by atoms with Crippen molar-refractivity contribution in [2.75, 3.05) is 5.32 Å². The van der Waals surface area contributed by atoms with Gasteiger partial charge in [-0.1, -0.05) is 6.92 Å². The summed E-state index contributed by atoms with van der Waals surface area (Å²) in [6.07, 6.45) is -3.42. The molecule has 0 radical (unpaired) electrons. The molecule has 0 saturated carbocycles. The Labute approximate surface area is 108 Å². The molecule has 8 heteroatoms. The first-order chi connectivity index (χ1) is 8.57. The highest BCUT2D eigenvalue weighted by atomic mass is 19.4. The van der Waals surface area contributed by atoms with Gasteiger partial charge in [0.1, 0.15) is 17.6 Å². The smallest absolute Gasteiger partial charge is 0.375 e. The van der Waals surface area contributed by atoms with E-state index in [1.54, 1.807) is 13.8 Å². The monoisotopic (exact) mass is 277 g/mol. The molecule has 5 nitrogen and oxygen atoms in total. The number of aromatic nitrogens is 1. The van der Waals surface area contributed by atoms with Crippen molar-refractivity contribution in [2.24, 2.45) is 0 Å². The van der Waals surface area contributed by atoms with Crippen molar-refractivity contribution in [3.8, 4) is 0 Å². The molecule has 1 N–H and O–H groups in total. The summed E-state index contributed by atoms with van der Waals surface area (Å²) in [5.41, 5.74) is -2.38. The molecule has 0 bridgehead atoms. The second-order valence-electron chi connectivity index (χ2n) is 4.70. The topological polar surface area (TPSA) is 68.1 Å². The van der Waals surface area contributed by atoms with Crippen LogP contribution in [-0.4, -0.2) is 15.4 Å². The van der Waals surface area contributed by atoms with Crippen LogP contribution in [0.4, 0.5) is 24.5 Å². The molecule has 0 aliphatic rings. The second-order valence-corrected chi connectivity index (χ2v) is 4.70. The zero-order valence-electron chi connectivity index (χ0n) is 10.7. The molecule has 0 fully saturated rings. The fourth-order valence-electron chi connectivity index (χ4n) is 1.30. The predicted octanol–water partition coefficient (Wildman–Crippen LogP) is 3.61. The highest BCUT2D eigenvalue weighted by Gasteiger charge is 2.35. The largest absolute Gasteiger partial charge is 0.433 e. The second kappa shape index (κ2) is 5.02. The lowest BCUT2D eigenvalue weighted by molar-refractivity contribution is -0.384. The van der Waals surface area contributed by atoms with Gasteiger partial charge in [0.25, 0.3) is 0 Å². The molecule has 1 rings (SSSR count). The lowest BCUT2D eigenvalue weighted by Gasteiger charge is -2.25. The Bertz CT molecular complexity index is 487. The molecular weight excluding hydrogens is 263 g/mol. The van der Waals surface area contributed by atoms with E-state index in [1.807, 2.05) is 6.92 Å². The Morgan fingerprint density at radius 3 is 2.42 bits per heavy atom. The minimum absolute atomic E-state index is 0.181. The molecule has 0 saturated heterocycles. The molecule has 0 aliphatic carbocycles. The molecule has 1 aromatic rings. The Morgan fingerprint density at radius 2 is 2.00 bits per heavy atom. The van der Waals surface area contributed by atoms with E-state index in [1.165, 1.54) is 0 Å². The van der Waals surface area contributed by atoms with Crippen LogP contribution >= 0.6 is 0 Å². The van der Waals surface area contributed by atoms with E-state index in [0.717, 1.165) is 0 Å². The molecular formula is C11H14F3N3O2. The normalized spacial score (nSPS) is 12.3. The van der Waals surface area contributed by atoms with Crippen molar-refractivity contribution < 1.29 is 18.1 Å². The Morgan fingerprint density at radius 1 is 1.42 bits per heavy atom. The van der Waals surface area contributed by atoms with E-state index in [4.69, 9.17) is 0 Å². The highest BCUT2D eigenvalue weighted by molar-refractivity contribution is 5.62. The third-order valence-corrected chi connectivity index (χ3v) is 2.73. The van der Waals surface area contributed by atoms with Crippen LogP contribution in [0.5, 0.6) is 0 Å². The van der Waals surface area contributed by atoms with Crippen LogP contribution in [0.15, 0.2) is 12.3 Å². The lowest BCUT2D eigenvalue weighted by Crippen LogP contribution is -2.30. The van der Waals surface area contributed by atoms with Gasteiger partial charge in [-0.3, -0.25) is 10.1 Å². The van der Waals surface area contributed by atoms with Gasteiger partial charge in [-0.15, -0.1) is 0 Å². The van der Waals surface area contributed by atoms with Crippen molar-refractivity contribution >= 4 is 11.4 Å². The molecule has 0 aromatic carbocycles. The van der Waals surface area contributed by atoms with Crippen LogP contribution in [0.3, 0.4) is 0 Å². The summed E-state index contributed by atoms with van der Waals surface area (Å²) in [6, 6.07) is 0.662. The Hall–Kier alpha value is -1.86. The lowest BCUT2D eigenvalue weighted by atomic mass is 10.0. The van der Waals surface area contributed by atoms with Crippen LogP contribution in [0, 0.1) is 10.1 Å². The van der Waals surface area contributed by atoms with Gasteiger partial charge < -0.3 is 5.32 Å². The maximum absolute atomic E-state index is 12.6. The standard InChI is InChI=1S/C11H14F3N3O2/c1-4-10(2,3)16-7-5-9(11(12,13)14)15-6-8(7)17(18)19/h5-6H,4H2,1-3H3,(H,15,16). The van der Waals surface area contributed by atoms with Crippen molar-refractivity contribution in [2.45, 2.75) is 38.9 Å². The van der Waals surface area contributed by atoms with Crippen LogP contribution in [-0.2, 0) is 6.18 Å². The van der Waals surface area contributed by atoms with Crippen LogP contribution in [0.2, 0.25) is 0 Å². The van der Waals surface area contributed by atoms with Crippen molar-refractivity contribution in [3.05, 3.63) is 28.1 Å². The summed E-state index contributed by atoms with van der Waals surface area (Å²) >= 11 is 0. The summed E-state index contributed by atoms with van der Waals surface area (Å²) in [5.74, 6) is 0. The van der Waals surface area contributed by atoms with Crippen molar-refractivity contribution in [3.63, 3.8) is 0 Å². The van der Waals surface area contributed by atoms with Crippen molar-refractivity contribution in [1.82, 2.24) is 4.98 Å². The average Bonchev–Trinajstić information content (AvgIpc) is 2.27. The third-order valence-electron chi connectivity index (χ3n) is 2.73. The number of halogens is 3. The summed E-state index contributed by atoms with van der Waals surface area (Å²) in [5, 5.41) is 13.5. The molecule has 0 unspecified atom stereocenters. The maximum Gasteiger partial charge on any atom is 0.433 e. The van der Waals surface area contributed by atoms with Crippen LogP contribution < -0.4 is 5.32 Å². The number of rotatable bonds is 4. The fraction of sp³-hybridized carbons (Fsp3) is 0.545. The van der Waals surface area contributed by atoms with Gasteiger partial charge in [0.05, 0.1) is 4.92 Å². The predicted molar refractivity (Wildman–Crippen MR) is 63.9 cm³/mol. The number of nitro groups is 1. The first-order valence-corrected chi connectivity index (χ1v) is 5.56. The van der Waals surface area contributed by atoms with E-state index in [-0.39, 0.29) is 5.69 Å². The van der Waals surface area contributed by atoms with Crippen molar-refractivity contribution in [1.29, 1.82) is 0 Å². The molecule has 0 aliphatic heterocycles. The first-order valence-electron chi connectivity index (χ1n) is 5.56. The fourth-order valence-corrected chi connectivity index (χ4v) is 1.30. The molecule has 0 amide bonds. The molecule has 19 heavy (non-hydrogen) atoms. The summed E-state index contributed by atoms with van der Waals surface area (Å²) in [6.45, 7) is 5.31. The van der Waals surface area contributed by atoms with Gasteiger partial charge in [-0.05, 0) is 26.3 Å². The van der Waals surface area contributed by atoms with Gasteiger partial charge >= 0.3 is 11.9 Å². The number of nitrogens with one attached hydrogen (secondary N) is 1. The van der Waals surface area contributed by atoms with E-state index < -0.39 is 28.0 Å². The summed E-state index contributed by atoms with van der Waals surface area (Å²) in [4.78, 5) is 13.1. The number of nitrogens with zero attached hydrogens (tertiary/aromatic N) is 2. The number of hydrogen-bond acceptors (Lipinski definition) is 4. The summed E-state index contributed by atoms with van der Waals surface area (Å²) < 4.78 is 37.7. The quantitative estimate of drug-likeness (QED) is 0.674.